The lowest BCUT2D eigenvalue weighted by Gasteiger charge is -2.28. The van der Waals surface area contributed by atoms with Crippen LogP contribution in [0.2, 0.25) is 0 Å². The predicted octanol–water partition coefficient (Wildman–Crippen LogP) is 3.91. The molecule has 0 atom stereocenters. The van der Waals surface area contributed by atoms with Crippen molar-refractivity contribution in [3.63, 3.8) is 0 Å². The first kappa shape index (κ1) is 16.9. The molecule has 0 saturated carbocycles. The Kier molecular flexibility index (Phi) is 4.07. The van der Waals surface area contributed by atoms with Gasteiger partial charge in [-0.2, -0.15) is 0 Å². The summed E-state index contributed by atoms with van der Waals surface area (Å²) in [6.45, 7) is 2.90. The molecule has 0 unspecified atom stereocenters. The smallest absolute Gasteiger partial charge is 0.145 e. The van der Waals surface area contributed by atoms with Gasteiger partial charge in [-0.3, -0.25) is 5.41 Å². The van der Waals surface area contributed by atoms with E-state index in [0.717, 1.165) is 29.9 Å². The minimum atomic E-state index is 0.159. The molecule has 2 aliphatic heterocycles. The Balaban J connectivity index is 1.42. The van der Waals surface area contributed by atoms with Crippen LogP contribution < -0.4 is 4.90 Å². The van der Waals surface area contributed by atoms with Crippen molar-refractivity contribution in [1.29, 1.82) is 5.41 Å². The molecule has 3 N–H and O–H groups in total. The molecule has 7 nitrogen and oxygen atoms in total. The van der Waals surface area contributed by atoms with Gasteiger partial charge in [0.05, 0.1) is 36.0 Å². The highest BCUT2D eigenvalue weighted by Gasteiger charge is 2.30. The quantitative estimate of drug-likeness (QED) is 0.641. The van der Waals surface area contributed by atoms with E-state index >= 15 is 0 Å². The summed E-state index contributed by atoms with van der Waals surface area (Å²) in [7, 11) is 0. The average Bonchev–Trinajstić information content (AvgIpc) is 3.42. The maximum Gasteiger partial charge on any atom is 0.145 e. The van der Waals surface area contributed by atoms with Gasteiger partial charge in [-0.1, -0.05) is 0 Å². The Morgan fingerprint density at radius 3 is 2.82 bits per heavy atom. The number of aromatic amines is 1. The highest BCUT2D eigenvalue weighted by Crippen LogP contribution is 2.30. The second kappa shape index (κ2) is 6.74. The van der Waals surface area contributed by atoms with Crippen LogP contribution in [-0.4, -0.2) is 45.4 Å². The molecule has 1 aromatic carbocycles. The predicted molar refractivity (Wildman–Crippen MR) is 109 cm³/mol. The molecule has 2 aromatic heterocycles. The highest BCUT2D eigenvalue weighted by atomic mass is 16.3. The van der Waals surface area contributed by atoms with Crippen molar-refractivity contribution in [1.82, 2.24) is 14.9 Å². The zero-order valence-electron chi connectivity index (χ0n) is 15.6. The Labute approximate surface area is 162 Å². The lowest BCUT2D eigenvalue weighted by molar-refractivity contribution is 0.328. The molecule has 0 radical (unpaired) electrons. The average molecular weight is 377 g/mol. The zero-order chi connectivity index (χ0) is 19.1. The number of hydrogen-bond acceptors (Lipinski definition) is 5. The van der Waals surface area contributed by atoms with Crippen molar-refractivity contribution >= 4 is 28.1 Å². The number of imidazole rings is 1. The summed E-state index contributed by atoms with van der Waals surface area (Å²) < 4.78 is 5.37. The van der Waals surface area contributed by atoms with Gasteiger partial charge in [-0.15, -0.1) is 0 Å². The summed E-state index contributed by atoms with van der Waals surface area (Å²) in [6, 6.07) is 9.92. The summed E-state index contributed by atoms with van der Waals surface area (Å²) in [6.07, 6.45) is 5.38. The number of H-pyrrole nitrogens is 1. The molecule has 1 fully saturated rings. The van der Waals surface area contributed by atoms with E-state index in [0.29, 0.717) is 17.9 Å². The fourth-order valence-corrected chi connectivity index (χ4v) is 4.07. The number of fused-ring (bicyclic) bond motifs is 1. The lowest BCUT2D eigenvalue weighted by atomic mass is 10.1. The standard InChI is InChI=1S/C21H23N5O2/c22-20-19(18(27)13-26(20)12-15-5-4-10-28-15)21-23-16-7-6-14(11-17(16)24-21)25-8-2-1-3-9-25/h4-7,10-11,22,27H,1-3,8-9,12-13H2,(H,23,24). The number of benzene rings is 1. The fourth-order valence-electron chi connectivity index (χ4n) is 4.07. The number of hydrogen-bond donors (Lipinski definition) is 3. The van der Waals surface area contributed by atoms with Crippen LogP contribution in [0.25, 0.3) is 16.6 Å². The maximum atomic E-state index is 10.5. The number of nitrogens with one attached hydrogen (secondary N) is 2. The zero-order valence-corrected chi connectivity index (χ0v) is 15.6. The van der Waals surface area contributed by atoms with E-state index in [2.05, 4.69) is 27.0 Å². The molecule has 0 spiro atoms. The fraction of sp³-hybridized carbons (Fsp3) is 0.333. The number of anilines is 1. The molecule has 5 rings (SSSR count). The molecule has 7 heteroatoms. The molecular formula is C21H23N5O2. The molecule has 3 aromatic rings. The highest BCUT2D eigenvalue weighted by molar-refractivity contribution is 6.23. The number of amidine groups is 1. The first-order valence-electron chi connectivity index (χ1n) is 9.72. The molecule has 4 heterocycles. The number of aliphatic hydroxyl groups is 1. The van der Waals surface area contributed by atoms with Crippen LogP contribution in [0.1, 0.15) is 30.8 Å². The summed E-state index contributed by atoms with van der Waals surface area (Å²) >= 11 is 0. The van der Waals surface area contributed by atoms with Crippen LogP contribution in [0, 0.1) is 5.41 Å². The van der Waals surface area contributed by atoms with Gasteiger partial charge < -0.3 is 24.3 Å². The van der Waals surface area contributed by atoms with Gasteiger partial charge >= 0.3 is 0 Å². The third-order valence-electron chi connectivity index (χ3n) is 5.53. The SMILES string of the molecule is N=C1C(c2nc3ccc(N4CCCCC4)cc3[nH]2)=C(O)CN1Cc1ccco1. The van der Waals surface area contributed by atoms with Crippen molar-refractivity contribution in [2.75, 3.05) is 24.5 Å². The molecule has 0 bridgehead atoms. The third-order valence-corrected chi connectivity index (χ3v) is 5.53. The van der Waals surface area contributed by atoms with Crippen molar-refractivity contribution in [3.8, 4) is 0 Å². The van der Waals surface area contributed by atoms with Crippen LogP contribution in [0.5, 0.6) is 0 Å². The number of nitrogens with zero attached hydrogens (tertiary/aromatic N) is 3. The normalized spacial score (nSPS) is 17.9. The van der Waals surface area contributed by atoms with E-state index in [-0.39, 0.29) is 18.1 Å². The minimum Gasteiger partial charge on any atom is -0.510 e. The van der Waals surface area contributed by atoms with Gasteiger partial charge in [0.15, 0.2) is 0 Å². The van der Waals surface area contributed by atoms with Crippen LogP contribution >= 0.6 is 0 Å². The molecule has 2 aliphatic rings. The second-order valence-electron chi connectivity index (χ2n) is 7.44. The Morgan fingerprint density at radius 1 is 1.18 bits per heavy atom. The minimum absolute atomic E-state index is 0.159. The van der Waals surface area contributed by atoms with Crippen molar-refractivity contribution in [3.05, 3.63) is 53.9 Å². The second-order valence-corrected chi connectivity index (χ2v) is 7.44. The number of aromatic nitrogens is 2. The number of aliphatic hydroxyl groups excluding tert-OH is 1. The van der Waals surface area contributed by atoms with Gasteiger partial charge in [0.2, 0.25) is 0 Å². The molecule has 1 saturated heterocycles. The van der Waals surface area contributed by atoms with Crippen molar-refractivity contribution in [2.24, 2.45) is 0 Å². The van der Waals surface area contributed by atoms with E-state index in [4.69, 9.17) is 9.83 Å². The topological polar surface area (TPSA) is 92.4 Å². The largest absolute Gasteiger partial charge is 0.510 e. The monoisotopic (exact) mass is 377 g/mol. The first-order chi connectivity index (χ1) is 13.7. The summed E-state index contributed by atoms with van der Waals surface area (Å²) in [4.78, 5) is 12.1. The molecule has 0 amide bonds. The van der Waals surface area contributed by atoms with Gasteiger partial charge in [0.25, 0.3) is 0 Å². The molecule has 144 valence electrons. The van der Waals surface area contributed by atoms with Gasteiger partial charge in [-0.05, 0) is 49.6 Å². The van der Waals surface area contributed by atoms with Crippen molar-refractivity contribution in [2.45, 2.75) is 25.8 Å². The van der Waals surface area contributed by atoms with Crippen LogP contribution in [-0.2, 0) is 6.54 Å². The van der Waals surface area contributed by atoms with Gasteiger partial charge in [0, 0.05) is 18.8 Å². The maximum absolute atomic E-state index is 10.5. The number of rotatable bonds is 4. The molecule has 0 aliphatic carbocycles. The van der Waals surface area contributed by atoms with E-state index in [9.17, 15) is 5.11 Å². The lowest BCUT2D eigenvalue weighted by Crippen LogP contribution is -2.29. The summed E-state index contributed by atoms with van der Waals surface area (Å²) in [5, 5.41) is 19.0. The Morgan fingerprint density at radius 2 is 2.04 bits per heavy atom. The van der Waals surface area contributed by atoms with Crippen molar-refractivity contribution < 1.29 is 9.52 Å². The van der Waals surface area contributed by atoms with E-state index in [1.54, 1.807) is 11.2 Å². The van der Waals surface area contributed by atoms with Gasteiger partial charge in [0.1, 0.15) is 23.2 Å². The van der Waals surface area contributed by atoms with Crippen LogP contribution in [0.4, 0.5) is 5.69 Å². The van der Waals surface area contributed by atoms with E-state index in [1.807, 2.05) is 18.2 Å². The Hall–Kier alpha value is -3.22. The third kappa shape index (κ3) is 2.93. The molecule has 28 heavy (non-hydrogen) atoms. The van der Waals surface area contributed by atoms with Crippen LogP contribution in [0.15, 0.2) is 46.8 Å². The number of furan rings is 1. The van der Waals surface area contributed by atoms with E-state index < -0.39 is 0 Å². The summed E-state index contributed by atoms with van der Waals surface area (Å²) in [5.41, 5.74) is 3.42. The van der Waals surface area contributed by atoms with Crippen LogP contribution in [0.3, 0.4) is 0 Å². The first-order valence-corrected chi connectivity index (χ1v) is 9.72. The van der Waals surface area contributed by atoms with Gasteiger partial charge in [-0.25, -0.2) is 4.98 Å². The Bertz CT molecular complexity index is 1040. The number of piperidine rings is 1. The molecular weight excluding hydrogens is 354 g/mol. The summed E-state index contributed by atoms with van der Waals surface area (Å²) in [5.74, 6) is 1.71. The van der Waals surface area contributed by atoms with E-state index in [1.165, 1.54) is 24.9 Å².